The molecule has 5 heteroatoms. The molecule has 23 heavy (non-hydrogen) atoms. The van der Waals surface area contributed by atoms with E-state index in [9.17, 15) is 13.9 Å². The molecule has 3 nitrogen and oxygen atoms in total. The number of piperazine rings is 1. The molecular weight excluding hydrogens is 298 g/mol. The Hall–Kier alpha value is -1.98. The van der Waals surface area contributed by atoms with Crippen LogP contribution in [0.4, 0.5) is 14.5 Å². The Morgan fingerprint density at radius 3 is 2.30 bits per heavy atom. The van der Waals surface area contributed by atoms with Crippen molar-refractivity contribution in [3.63, 3.8) is 0 Å². The average molecular weight is 318 g/mol. The average Bonchev–Trinajstić information content (AvgIpc) is 2.56. The van der Waals surface area contributed by atoms with Gasteiger partial charge in [-0.3, -0.25) is 4.90 Å². The first-order valence-corrected chi connectivity index (χ1v) is 7.79. The van der Waals surface area contributed by atoms with Crippen LogP contribution in [0.15, 0.2) is 48.5 Å². The van der Waals surface area contributed by atoms with E-state index >= 15 is 0 Å². The highest BCUT2D eigenvalue weighted by Gasteiger charge is 2.21. The number of hydrogen-bond donors (Lipinski definition) is 1. The SMILES string of the molecule is OC(CN1CCN(c2ccccc2)CC1)c1ccc(F)cc1F. The van der Waals surface area contributed by atoms with Gasteiger partial charge >= 0.3 is 0 Å². The molecule has 1 heterocycles. The molecule has 122 valence electrons. The summed E-state index contributed by atoms with van der Waals surface area (Å²) in [7, 11) is 0. The minimum atomic E-state index is -0.945. The largest absolute Gasteiger partial charge is 0.387 e. The number of rotatable bonds is 4. The molecule has 0 bridgehead atoms. The zero-order valence-corrected chi connectivity index (χ0v) is 12.8. The van der Waals surface area contributed by atoms with Gasteiger partial charge in [-0.2, -0.15) is 0 Å². The van der Waals surface area contributed by atoms with E-state index in [1.807, 2.05) is 18.2 Å². The molecule has 3 rings (SSSR count). The van der Waals surface area contributed by atoms with Crippen molar-refractivity contribution in [2.24, 2.45) is 0 Å². The van der Waals surface area contributed by atoms with Crippen molar-refractivity contribution in [2.45, 2.75) is 6.10 Å². The summed E-state index contributed by atoms with van der Waals surface area (Å²) in [6, 6.07) is 13.5. The molecule has 1 aliphatic rings. The second-order valence-corrected chi connectivity index (χ2v) is 5.80. The fourth-order valence-corrected chi connectivity index (χ4v) is 2.94. The van der Waals surface area contributed by atoms with E-state index in [0.717, 1.165) is 32.2 Å². The van der Waals surface area contributed by atoms with Gasteiger partial charge in [-0.1, -0.05) is 24.3 Å². The zero-order chi connectivity index (χ0) is 16.2. The number of nitrogens with zero attached hydrogens (tertiary/aromatic N) is 2. The van der Waals surface area contributed by atoms with Crippen molar-refractivity contribution in [1.82, 2.24) is 4.90 Å². The number of halogens is 2. The van der Waals surface area contributed by atoms with E-state index < -0.39 is 17.7 Å². The lowest BCUT2D eigenvalue weighted by Crippen LogP contribution is -2.47. The molecule has 2 aromatic rings. The van der Waals surface area contributed by atoms with E-state index in [4.69, 9.17) is 0 Å². The maximum Gasteiger partial charge on any atom is 0.131 e. The van der Waals surface area contributed by atoms with Crippen LogP contribution in [-0.2, 0) is 0 Å². The van der Waals surface area contributed by atoms with Crippen LogP contribution in [0.5, 0.6) is 0 Å². The Kier molecular flexibility index (Phi) is 4.88. The van der Waals surface area contributed by atoms with Crippen LogP contribution >= 0.6 is 0 Å². The van der Waals surface area contributed by atoms with Gasteiger partial charge in [-0.15, -0.1) is 0 Å². The molecule has 1 N–H and O–H groups in total. The van der Waals surface area contributed by atoms with Crippen LogP contribution in [0.2, 0.25) is 0 Å². The van der Waals surface area contributed by atoms with Crippen molar-refractivity contribution in [1.29, 1.82) is 0 Å². The van der Waals surface area contributed by atoms with Gasteiger partial charge < -0.3 is 10.0 Å². The molecule has 0 amide bonds. The summed E-state index contributed by atoms with van der Waals surface area (Å²) in [5, 5.41) is 10.2. The van der Waals surface area contributed by atoms with Crippen LogP contribution in [-0.4, -0.2) is 42.7 Å². The van der Waals surface area contributed by atoms with Crippen molar-refractivity contribution >= 4 is 5.69 Å². The summed E-state index contributed by atoms with van der Waals surface area (Å²) in [5.41, 5.74) is 1.34. The third-order valence-corrected chi connectivity index (χ3v) is 4.25. The minimum absolute atomic E-state index is 0.150. The summed E-state index contributed by atoms with van der Waals surface area (Å²) < 4.78 is 26.6. The molecule has 0 radical (unpaired) electrons. The maximum absolute atomic E-state index is 13.7. The third-order valence-electron chi connectivity index (χ3n) is 4.25. The number of anilines is 1. The summed E-state index contributed by atoms with van der Waals surface area (Å²) in [4.78, 5) is 4.40. The van der Waals surface area contributed by atoms with Gasteiger partial charge in [-0.05, 0) is 18.2 Å². The molecule has 1 fully saturated rings. The van der Waals surface area contributed by atoms with E-state index in [1.165, 1.54) is 17.8 Å². The second kappa shape index (κ2) is 7.06. The second-order valence-electron chi connectivity index (χ2n) is 5.80. The molecule has 2 aromatic carbocycles. The number of aliphatic hydroxyl groups excluding tert-OH is 1. The van der Waals surface area contributed by atoms with E-state index in [0.29, 0.717) is 6.54 Å². The smallest absolute Gasteiger partial charge is 0.131 e. The highest BCUT2D eigenvalue weighted by Crippen LogP contribution is 2.21. The van der Waals surface area contributed by atoms with Crippen molar-refractivity contribution < 1.29 is 13.9 Å². The monoisotopic (exact) mass is 318 g/mol. The van der Waals surface area contributed by atoms with Gasteiger partial charge in [0, 0.05) is 50.0 Å². The highest BCUT2D eigenvalue weighted by molar-refractivity contribution is 5.46. The van der Waals surface area contributed by atoms with Gasteiger partial charge in [-0.25, -0.2) is 8.78 Å². The highest BCUT2D eigenvalue weighted by atomic mass is 19.1. The Balaban J connectivity index is 1.56. The summed E-state index contributed by atoms with van der Waals surface area (Å²) >= 11 is 0. The Bertz CT molecular complexity index is 643. The summed E-state index contributed by atoms with van der Waals surface area (Å²) in [6.07, 6.45) is -0.945. The number of para-hydroxylation sites is 1. The predicted octanol–water partition coefficient (Wildman–Crippen LogP) is 2.82. The normalized spacial score (nSPS) is 17.3. The van der Waals surface area contributed by atoms with Gasteiger partial charge in [0.15, 0.2) is 0 Å². The van der Waals surface area contributed by atoms with Crippen molar-refractivity contribution in [3.8, 4) is 0 Å². The summed E-state index contributed by atoms with van der Waals surface area (Å²) in [6.45, 7) is 3.68. The first kappa shape index (κ1) is 15.9. The van der Waals surface area contributed by atoms with Gasteiger partial charge in [0.1, 0.15) is 11.6 Å². The Morgan fingerprint density at radius 2 is 1.65 bits per heavy atom. The lowest BCUT2D eigenvalue weighted by molar-refractivity contribution is 0.106. The first-order chi connectivity index (χ1) is 11.1. The van der Waals surface area contributed by atoms with Crippen LogP contribution in [0.25, 0.3) is 0 Å². The zero-order valence-electron chi connectivity index (χ0n) is 12.8. The lowest BCUT2D eigenvalue weighted by Gasteiger charge is -2.37. The molecule has 1 aliphatic heterocycles. The molecule has 1 unspecified atom stereocenters. The van der Waals surface area contributed by atoms with Gasteiger partial charge in [0.2, 0.25) is 0 Å². The van der Waals surface area contributed by atoms with E-state index in [1.54, 1.807) is 0 Å². The van der Waals surface area contributed by atoms with Crippen LogP contribution in [0.3, 0.4) is 0 Å². The minimum Gasteiger partial charge on any atom is -0.387 e. The standard InChI is InChI=1S/C18H20F2N2O/c19-14-6-7-16(17(20)12-14)18(23)13-21-8-10-22(11-9-21)15-4-2-1-3-5-15/h1-7,12,18,23H,8-11,13H2. The Morgan fingerprint density at radius 1 is 0.957 bits per heavy atom. The summed E-state index contributed by atoms with van der Waals surface area (Å²) in [5.74, 6) is -1.32. The van der Waals surface area contributed by atoms with Crippen molar-refractivity contribution in [2.75, 3.05) is 37.6 Å². The lowest BCUT2D eigenvalue weighted by atomic mass is 10.1. The van der Waals surface area contributed by atoms with Gasteiger partial charge in [0.25, 0.3) is 0 Å². The molecule has 0 spiro atoms. The number of benzene rings is 2. The molecule has 0 aromatic heterocycles. The molecule has 0 aliphatic carbocycles. The fourth-order valence-electron chi connectivity index (χ4n) is 2.94. The molecule has 1 atom stereocenters. The first-order valence-electron chi connectivity index (χ1n) is 7.79. The van der Waals surface area contributed by atoms with Crippen LogP contribution in [0.1, 0.15) is 11.7 Å². The number of hydrogen-bond acceptors (Lipinski definition) is 3. The van der Waals surface area contributed by atoms with Crippen LogP contribution < -0.4 is 4.90 Å². The van der Waals surface area contributed by atoms with E-state index in [-0.39, 0.29) is 5.56 Å². The predicted molar refractivity (Wildman–Crippen MR) is 86.4 cm³/mol. The number of β-amino-alcohol motifs (C(OH)–C–C–N with tert-alkyl or cyclic N) is 1. The van der Waals surface area contributed by atoms with Gasteiger partial charge in [0.05, 0.1) is 6.10 Å². The number of aliphatic hydroxyl groups is 1. The van der Waals surface area contributed by atoms with Crippen molar-refractivity contribution in [3.05, 3.63) is 65.7 Å². The third kappa shape index (κ3) is 3.86. The van der Waals surface area contributed by atoms with E-state index in [2.05, 4.69) is 21.9 Å². The Labute approximate surface area is 134 Å². The molecule has 1 saturated heterocycles. The van der Waals surface area contributed by atoms with Crippen LogP contribution in [0, 0.1) is 11.6 Å². The molecule has 0 saturated carbocycles. The maximum atomic E-state index is 13.7. The fraction of sp³-hybridized carbons (Fsp3) is 0.333. The quantitative estimate of drug-likeness (QED) is 0.939. The molecular formula is C18H20F2N2O. The topological polar surface area (TPSA) is 26.7 Å².